The lowest BCUT2D eigenvalue weighted by atomic mass is 9.98. The van der Waals surface area contributed by atoms with Crippen molar-refractivity contribution in [2.24, 2.45) is 5.92 Å². The third-order valence-electron chi connectivity index (χ3n) is 5.17. The van der Waals surface area contributed by atoms with Crippen LogP contribution in [0.25, 0.3) is 0 Å². The van der Waals surface area contributed by atoms with Crippen molar-refractivity contribution in [2.75, 3.05) is 20.3 Å². The van der Waals surface area contributed by atoms with Crippen molar-refractivity contribution < 1.29 is 23.0 Å². The molecule has 0 spiro atoms. The number of ether oxygens (including phenoxy) is 3. The molecular weight excluding hydrogens is 386 g/mol. The van der Waals surface area contributed by atoms with Gasteiger partial charge in [0.15, 0.2) is 11.7 Å². The molecule has 0 aliphatic heterocycles. The van der Waals surface area contributed by atoms with Gasteiger partial charge in [0.2, 0.25) is 0 Å². The Morgan fingerprint density at radius 2 is 1.63 bits per heavy atom. The number of unbranched alkanes of at least 4 members (excludes halogenated alkanes) is 2. The van der Waals surface area contributed by atoms with Gasteiger partial charge >= 0.3 is 0 Å². The van der Waals surface area contributed by atoms with Gasteiger partial charge in [-0.1, -0.05) is 45.7 Å². The lowest BCUT2D eigenvalue weighted by molar-refractivity contribution is 0.0199. The van der Waals surface area contributed by atoms with Crippen LogP contribution in [0.3, 0.4) is 0 Å². The SMILES string of the molecule is CCCCCc1ccc(OCC(C)OCC(C)/C(CC)=C(F)/C(F)=C(\C)OC)cc1. The molecule has 0 aromatic heterocycles. The first-order chi connectivity index (χ1) is 14.3. The molecule has 5 heteroatoms. The summed E-state index contributed by atoms with van der Waals surface area (Å²) < 4.78 is 44.9. The van der Waals surface area contributed by atoms with Crippen LogP contribution in [0.1, 0.15) is 65.9 Å². The summed E-state index contributed by atoms with van der Waals surface area (Å²) in [4.78, 5) is 0. The fraction of sp³-hybridized carbons (Fsp3) is 0.600. The van der Waals surface area contributed by atoms with Crippen LogP contribution in [-0.4, -0.2) is 26.4 Å². The molecule has 0 aliphatic rings. The van der Waals surface area contributed by atoms with Crippen molar-refractivity contribution in [3.63, 3.8) is 0 Å². The maximum absolute atomic E-state index is 14.5. The van der Waals surface area contributed by atoms with E-state index in [9.17, 15) is 8.78 Å². The van der Waals surface area contributed by atoms with E-state index >= 15 is 0 Å². The second kappa shape index (κ2) is 14.2. The van der Waals surface area contributed by atoms with Crippen molar-refractivity contribution in [1.29, 1.82) is 0 Å². The Kier molecular flexibility index (Phi) is 12.4. The minimum atomic E-state index is -0.948. The van der Waals surface area contributed by atoms with Gasteiger partial charge in [0, 0.05) is 5.92 Å². The first-order valence-corrected chi connectivity index (χ1v) is 11.0. The number of halogens is 2. The average Bonchev–Trinajstić information content (AvgIpc) is 2.76. The Balaban J connectivity index is 2.52. The van der Waals surface area contributed by atoms with Crippen molar-refractivity contribution >= 4 is 0 Å². The predicted molar refractivity (Wildman–Crippen MR) is 119 cm³/mol. The number of allylic oxidation sites excluding steroid dienone is 3. The molecule has 0 saturated carbocycles. The summed E-state index contributed by atoms with van der Waals surface area (Å²) in [6.07, 6.45) is 5.00. The maximum atomic E-state index is 14.5. The van der Waals surface area contributed by atoms with Crippen molar-refractivity contribution in [1.82, 2.24) is 0 Å². The number of aryl methyl sites for hydroxylation is 1. The summed E-state index contributed by atoms with van der Waals surface area (Å²) in [5, 5.41) is 0. The van der Waals surface area contributed by atoms with E-state index < -0.39 is 11.7 Å². The average molecular weight is 425 g/mol. The molecule has 30 heavy (non-hydrogen) atoms. The summed E-state index contributed by atoms with van der Waals surface area (Å²) in [5.41, 5.74) is 1.70. The molecular formula is C25H38F2O3. The van der Waals surface area contributed by atoms with Crippen LogP contribution in [0.15, 0.2) is 47.3 Å². The Morgan fingerprint density at radius 3 is 2.20 bits per heavy atom. The fourth-order valence-corrected chi connectivity index (χ4v) is 3.11. The van der Waals surface area contributed by atoms with Crippen molar-refractivity contribution in [3.8, 4) is 5.75 Å². The zero-order valence-electron chi connectivity index (χ0n) is 19.4. The zero-order valence-corrected chi connectivity index (χ0v) is 19.4. The lowest BCUT2D eigenvalue weighted by Crippen LogP contribution is -2.22. The van der Waals surface area contributed by atoms with Crippen LogP contribution in [0.2, 0.25) is 0 Å². The summed E-state index contributed by atoms with van der Waals surface area (Å²) in [7, 11) is 1.32. The van der Waals surface area contributed by atoms with Crippen LogP contribution in [0, 0.1) is 5.92 Å². The molecule has 1 aromatic rings. The van der Waals surface area contributed by atoms with Gasteiger partial charge in [-0.05, 0) is 56.4 Å². The second-order valence-electron chi connectivity index (χ2n) is 7.72. The largest absolute Gasteiger partial charge is 0.498 e. The minimum absolute atomic E-state index is 0.0651. The fourth-order valence-electron chi connectivity index (χ4n) is 3.11. The molecule has 2 unspecified atom stereocenters. The Hall–Kier alpha value is -1.88. The van der Waals surface area contributed by atoms with Gasteiger partial charge in [-0.2, -0.15) is 0 Å². The monoisotopic (exact) mass is 424 g/mol. The molecule has 1 aromatic carbocycles. The quantitative estimate of drug-likeness (QED) is 0.178. The van der Waals surface area contributed by atoms with E-state index in [4.69, 9.17) is 14.2 Å². The third-order valence-corrected chi connectivity index (χ3v) is 5.17. The Bertz CT molecular complexity index is 680. The van der Waals surface area contributed by atoms with E-state index in [0.717, 1.165) is 12.2 Å². The molecule has 170 valence electrons. The van der Waals surface area contributed by atoms with Crippen LogP contribution in [-0.2, 0) is 15.9 Å². The zero-order chi connectivity index (χ0) is 22.5. The maximum Gasteiger partial charge on any atom is 0.195 e. The van der Waals surface area contributed by atoms with Crippen molar-refractivity contribution in [2.45, 2.75) is 72.8 Å². The molecule has 0 radical (unpaired) electrons. The standard InChI is InChI=1S/C25H38F2O3/c1-7-9-10-11-21-12-14-22(15-13-21)30-17-19(4)29-16-18(3)23(8-2)25(27)24(26)20(5)28-6/h12-15,18-19H,7-11,16-17H2,1-6H3/b24-20-,25-23-. The highest BCUT2D eigenvalue weighted by Gasteiger charge is 2.19. The Labute approximate surface area is 181 Å². The number of benzene rings is 1. The van der Waals surface area contributed by atoms with E-state index in [2.05, 4.69) is 19.1 Å². The predicted octanol–water partition coefficient (Wildman–Crippen LogP) is 7.32. The molecule has 0 N–H and O–H groups in total. The highest BCUT2D eigenvalue weighted by atomic mass is 19.2. The van der Waals surface area contributed by atoms with Crippen LogP contribution < -0.4 is 4.74 Å². The number of methoxy groups -OCH3 is 1. The van der Waals surface area contributed by atoms with Gasteiger partial charge in [0.1, 0.15) is 18.1 Å². The van der Waals surface area contributed by atoms with E-state index in [-0.39, 0.29) is 24.4 Å². The van der Waals surface area contributed by atoms with Crippen LogP contribution in [0.5, 0.6) is 5.75 Å². The molecule has 0 amide bonds. The summed E-state index contributed by atoms with van der Waals surface area (Å²) in [5.74, 6) is -1.31. The van der Waals surface area contributed by atoms with E-state index in [1.807, 2.05) is 26.0 Å². The highest BCUT2D eigenvalue weighted by molar-refractivity contribution is 5.28. The second-order valence-corrected chi connectivity index (χ2v) is 7.72. The molecule has 3 nitrogen and oxygen atoms in total. The van der Waals surface area contributed by atoms with Crippen LogP contribution in [0.4, 0.5) is 8.78 Å². The topological polar surface area (TPSA) is 27.7 Å². The Morgan fingerprint density at radius 1 is 0.967 bits per heavy atom. The van der Waals surface area contributed by atoms with Gasteiger partial charge in [0.25, 0.3) is 0 Å². The van der Waals surface area contributed by atoms with Crippen molar-refractivity contribution in [3.05, 3.63) is 52.8 Å². The first kappa shape index (κ1) is 26.2. The van der Waals surface area contributed by atoms with E-state index in [1.54, 1.807) is 6.92 Å². The number of rotatable bonds is 14. The van der Waals surface area contributed by atoms with Gasteiger partial charge in [-0.25, -0.2) is 8.78 Å². The minimum Gasteiger partial charge on any atom is -0.498 e. The lowest BCUT2D eigenvalue weighted by Gasteiger charge is -2.20. The summed E-state index contributed by atoms with van der Waals surface area (Å²) in [6, 6.07) is 8.17. The molecule has 1 rings (SSSR count). The smallest absolute Gasteiger partial charge is 0.195 e. The third kappa shape index (κ3) is 8.86. The molecule has 0 fully saturated rings. The van der Waals surface area contributed by atoms with E-state index in [0.29, 0.717) is 18.6 Å². The molecule has 0 heterocycles. The molecule has 0 aliphatic carbocycles. The highest BCUT2D eigenvalue weighted by Crippen LogP contribution is 2.28. The van der Waals surface area contributed by atoms with E-state index in [1.165, 1.54) is 38.9 Å². The molecule has 0 saturated heterocycles. The first-order valence-electron chi connectivity index (χ1n) is 11.0. The summed E-state index contributed by atoms with van der Waals surface area (Å²) in [6.45, 7) is 9.84. The molecule has 2 atom stereocenters. The van der Waals surface area contributed by atoms with Gasteiger partial charge in [0.05, 0.1) is 19.8 Å². The van der Waals surface area contributed by atoms with Crippen LogP contribution >= 0.6 is 0 Å². The van der Waals surface area contributed by atoms with Gasteiger partial charge < -0.3 is 14.2 Å². The number of hydrogen-bond donors (Lipinski definition) is 0. The molecule has 0 bridgehead atoms. The summed E-state index contributed by atoms with van der Waals surface area (Å²) >= 11 is 0. The van der Waals surface area contributed by atoms with Gasteiger partial charge in [-0.15, -0.1) is 0 Å². The number of hydrogen-bond acceptors (Lipinski definition) is 3. The normalized spacial score (nSPS) is 15.2. The van der Waals surface area contributed by atoms with Gasteiger partial charge in [-0.3, -0.25) is 0 Å².